The third kappa shape index (κ3) is 2.95. The van der Waals surface area contributed by atoms with Crippen LogP contribution in [-0.4, -0.2) is 29.1 Å². The number of fused-ring (bicyclic) bond motifs is 1. The van der Waals surface area contributed by atoms with Gasteiger partial charge in [0.25, 0.3) is 5.91 Å². The highest BCUT2D eigenvalue weighted by atomic mass is 16.2. The van der Waals surface area contributed by atoms with Crippen LogP contribution in [-0.2, 0) is 11.2 Å². The number of rotatable bonds is 3. The summed E-state index contributed by atoms with van der Waals surface area (Å²) >= 11 is 0. The Morgan fingerprint density at radius 2 is 1.88 bits per heavy atom. The first kappa shape index (κ1) is 17.0. The summed E-state index contributed by atoms with van der Waals surface area (Å²) in [4.78, 5) is 40.6. The minimum Gasteiger partial charge on any atom is -0.354 e. The van der Waals surface area contributed by atoms with E-state index in [-0.39, 0.29) is 17.6 Å². The predicted molar refractivity (Wildman–Crippen MR) is 96.4 cm³/mol. The van der Waals surface area contributed by atoms with Gasteiger partial charge in [0.1, 0.15) is 5.69 Å². The largest absolute Gasteiger partial charge is 0.354 e. The van der Waals surface area contributed by atoms with Crippen LogP contribution in [0, 0.1) is 13.8 Å². The molecular weight excluding hydrogens is 318 g/mol. The Labute approximate surface area is 146 Å². The van der Waals surface area contributed by atoms with E-state index in [9.17, 15) is 14.4 Å². The molecule has 25 heavy (non-hydrogen) atoms. The van der Waals surface area contributed by atoms with Gasteiger partial charge in [0.05, 0.1) is 0 Å². The number of carbonyl (C=O) groups is 3. The Hall–Kier alpha value is -2.89. The van der Waals surface area contributed by atoms with Crippen molar-refractivity contribution in [2.24, 2.45) is 0 Å². The van der Waals surface area contributed by atoms with Crippen LogP contribution < -0.4 is 10.2 Å². The first-order valence-corrected chi connectivity index (χ1v) is 8.22. The van der Waals surface area contributed by atoms with E-state index in [0.717, 1.165) is 17.7 Å². The van der Waals surface area contributed by atoms with E-state index in [1.807, 2.05) is 12.1 Å². The molecule has 2 aromatic rings. The molecular formula is C19H21N3O3. The number of anilines is 2. The number of nitrogens with one attached hydrogen (secondary N) is 2. The van der Waals surface area contributed by atoms with Gasteiger partial charge in [-0.25, -0.2) is 0 Å². The number of aromatic amines is 1. The van der Waals surface area contributed by atoms with Gasteiger partial charge in [-0.2, -0.15) is 0 Å². The maximum atomic E-state index is 12.6. The van der Waals surface area contributed by atoms with Crippen LogP contribution in [0.4, 0.5) is 11.4 Å². The Morgan fingerprint density at radius 3 is 2.48 bits per heavy atom. The van der Waals surface area contributed by atoms with Gasteiger partial charge in [-0.15, -0.1) is 0 Å². The van der Waals surface area contributed by atoms with Crippen LogP contribution in [0.3, 0.4) is 0 Å². The minimum absolute atomic E-state index is 0.0183. The molecule has 3 rings (SSSR count). The van der Waals surface area contributed by atoms with E-state index >= 15 is 0 Å². The van der Waals surface area contributed by atoms with Gasteiger partial charge in [-0.3, -0.25) is 14.4 Å². The molecule has 2 N–H and O–H groups in total. The van der Waals surface area contributed by atoms with E-state index < -0.39 is 0 Å². The molecule has 0 fully saturated rings. The number of ketones is 1. The number of H-pyrrole nitrogens is 1. The van der Waals surface area contributed by atoms with Crippen LogP contribution in [0.15, 0.2) is 18.2 Å². The Morgan fingerprint density at radius 1 is 1.16 bits per heavy atom. The molecule has 0 saturated carbocycles. The molecule has 0 bridgehead atoms. The molecule has 0 spiro atoms. The van der Waals surface area contributed by atoms with Crippen LogP contribution in [0.2, 0.25) is 0 Å². The second kappa shape index (κ2) is 6.20. The van der Waals surface area contributed by atoms with E-state index in [1.54, 1.807) is 31.7 Å². The van der Waals surface area contributed by atoms with Crippen molar-refractivity contribution in [1.29, 1.82) is 0 Å². The van der Waals surface area contributed by atoms with Crippen LogP contribution in [0.25, 0.3) is 0 Å². The van der Waals surface area contributed by atoms with Crippen molar-refractivity contribution in [3.05, 3.63) is 46.3 Å². The zero-order valence-corrected chi connectivity index (χ0v) is 14.8. The summed E-state index contributed by atoms with van der Waals surface area (Å²) in [5, 5.41) is 2.87. The highest BCUT2D eigenvalue weighted by Gasteiger charge is 2.23. The smallest absolute Gasteiger partial charge is 0.272 e. The molecule has 0 radical (unpaired) electrons. The summed E-state index contributed by atoms with van der Waals surface area (Å²) < 4.78 is 0. The summed E-state index contributed by atoms with van der Waals surface area (Å²) in [6.07, 6.45) is 0.772. The van der Waals surface area contributed by atoms with E-state index in [0.29, 0.717) is 34.7 Å². The summed E-state index contributed by atoms with van der Waals surface area (Å²) in [6, 6.07) is 5.54. The van der Waals surface area contributed by atoms with Gasteiger partial charge in [0, 0.05) is 36.1 Å². The Bertz CT molecular complexity index is 896. The maximum absolute atomic E-state index is 12.6. The van der Waals surface area contributed by atoms with Crippen molar-refractivity contribution in [3.63, 3.8) is 0 Å². The zero-order chi connectivity index (χ0) is 18.3. The van der Waals surface area contributed by atoms with Crippen LogP contribution in [0.5, 0.6) is 0 Å². The highest BCUT2D eigenvalue weighted by Crippen LogP contribution is 2.30. The second-order valence-electron chi connectivity index (χ2n) is 6.40. The minimum atomic E-state index is -0.283. The molecule has 130 valence electrons. The van der Waals surface area contributed by atoms with Crippen molar-refractivity contribution >= 4 is 29.0 Å². The number of hydrogen-bond donors (Lipinski definition) is 2. The van der Waals surface area contributed by atoms with E-state index in [1.165, 1.54) is 6.92 Å². The van der Waals surface area contributed by atoms with Crippen molar-refractivity contribution in [2.75, 3.05) is 16.8 Å². The average molecular weight is 339 g/mol. The summed E-state index contributed by atoms with van der Waals surface area (Å²) in [6.45, 7) is 7.26. The standard InChI is InChI=1S/C19H21N3O3/c1-10-17(12(3)23)11(2)20-18(10)19(25)21-15-5-6-16-14(9-15)7-8-22(16)13(4)24/h5-6,9,20H,7-8H2,1-4H3,(H,21,25). The number of carbonyl (C=O) groups excluding carboxylic acids is 3. The van der Waals surface area contributed by atoms with Gasteiger partial charge in [-0.05, 0) is 56.5 Å². The monoisotopic (exact) mass is 339 g/mol. The van der Waals surface area contributed by atoms with Crippen LogP contribution in [0.1, 0.15) is 51.5 Å². The number of hydrogen-bond acceptors (Lipinski definition) is 3. The Kier molecular flexibility index (Phi) is 4.20. The molecule has 0 saturated heterocycles. The first-order valence-electron chi connectivity index (χ1n) is 8.22. The zero-order valence-electron chi connectivity index (χ0n) is 14.8. The van der Waals surface area contributed by atoms with Gasteiger partial charge in [0.15, 0.2) is 5.78 Å². The molecule has 1 aliphatic rings. The first-order chi connectivity index (χ1) is 11.8. The molecule has 1 aliphatic heterocycles. The Balaban J connectivity index is 1.84. The molecule has 0 atom stereocenters. The number of amides is 2. The third-order valence-electron chi connectivity index (χ3n) is 4.63. The maximum Gasteiger partial charge on any atom is 0.272 e. The summed E-state index contributed by atoms with van der Waals surface area (Å²) in [7, 11) is 0. The van der Waals surface area contributed by atoms with Gasteiger partial charge in [0.2, 0.25) is 5.91 Å². The third-order valence-corrected chi connectivity index (χ3v) is 4.63. The number of aromatic nitrogens is 1. The molecule has 0 aliphatic carbocycles. The number of aryl methyl sites for hydroxylation is 1. The number of Topliss-reactive ketones (excluding diaryl/α,β-unsaturated/α-hetero) is 1. The van der Waals surface area contributed by atoms with Gasteiger partial charge in [-0.1, -0.05) is 0 Å². The number of benzene rings is 1. The van der Waals surface area contributed by atoms with Gasteiger partial charge >= 0.3 is 0 Å². The fraction of sp³-hybridized carbons (Fsp3) is 0.316. The lowest BCUT2D eigenvalue weighted by Gasteiger charge is -2.15. The second-order valence-corrected chi connectivity index (χ2v) is 6.40. The quantitative estimate of drug-likeness (QED) is 0.843. The van der Waals surface area contributed by atoms with Crippen LogP contribution >= 0.6 is 0 Å². The lowest BCUT2D eigenvalue weighted by Crippen LogP contribution is -2.25. The number of nitrogens with zero attached hydrogens (tertiary/aromatic N) is 1. The fourth-order valence-corrected chi connectivity index (χ4v) is 3.51. The molecule has 2 amide bonds. The average Bonchev–Trinajstić information content (AvgIpc) is 3.07. The van der Waals surface area contributed by atoms with Crippen molar-refractivity contribution in [3.8, 4) is 0 Å². The van der Waals surface area contributed by atoms with Gasteiger partial charge < -0.3 is 15.2 Å². The normalized spacial score (nSPS) is 12.9. The van der Waals surface area contributed by atoms with Crippen molar-refractivity contribution < 1.29 is 14.4 Å². The SMILES string of the molecule is CC(=O)c1c(C)[nH]c(C(=O)Nc2ccc3c(c2)CCN3C(C)=O)c1C. The lowest BCUT2D eigenvalue weighted by atomic mass is 10.1. The highest BCUT2D eigenvalue weighted by molar-refractivity contribution is 6.07. The molecule has 6 heteroatoms. The molecule has 0 unspecified atom stereocenters. The van der Waals surface area contributed by atoms with Crippen molar-refractivity contribution in [2.45, 2.75) is 34.1 Å². The topological polar surface area (TPSA) is 82.3 Å². The molecule has 6 nitrogen and oxygen atoms in total. The van der Waals surface area contributed by atoms with E-state index in [4.69, 9.17) is 0 Å². The predicted octanol–water partition coefficient (Wildman–Crippen LogP) is 3.00. The molecule has 1 aromatic heterocycles. The molecule has 2 heterocycles. The fourth-order valence-electron chi connectivity index (χ4n) is 3.51. The molecule has 1 aromatic carbocycles. The van der Waals surface area contributed by atoms with Crippen molar-refractivity contribution in [1.82, 2.24) is 4.98 Å². The summed E-state index contributed by atoms with van der Waals surface area (Å²) in [5.74, 6) is -0.327. The lowest BCUT2D eigenvalue weighted by molar-refractivity contribution is -0.116. The van der Waals surface area contributed by atoms with E-state index in [2.05, 4.69) is 10.3 Å². The summed E-state index contributed by atoms with van der Waals surface area (Å²) in [5.41, 5.74) is 4.93.